The number of rotatable bonds is 7. The van der Waals surface area contributed by atoms with Crippen molar-refractivity contribution in [2.75, 3.05) is 11.9 Å². The lowest BCUT2D eigenvalue weighted by atomic mass is 10.1. The lowest BCUT2D eigenvalue weighted by Gasteiger charge is -2.02. The summed E-state index contributed by atoms with van der Waals surface area (Å²) in [7, 11) is 0. The highest BCUT2D eigenvalue weighted by molar-refractivity contribution is 5.89. The molecule has 8 nitrogen and oxygen atoms in total. The molecule has 0 aliphatic carbocycles. The number of amides is 1. The summed E-state index contributed by atoms with van der Waals surface area (Å²) in [5.74, 6) is -0.257. The van der Waals surface area contributed by atoms with E-state index in [-0.39, 0.29) is 12.5 Å². The number of nitrogens with zero attached hydrogens (tertiary/aromatic N) is 4. The van der Waals surface area contributed by atoms with E-state index in [4.69, 9.17) is 4.74 Å². The molecule has 1 N–H and O–H groups in total. The second-order valence-corrected chi connectivity index (χ2v) is 4.51. The smallest absolute Gasteiger partial charge is 0.327 e. The minimum absolute atomic E-state index is 0.0340. The molecule has 0 aliphatic heterocycles. The van der Waals surface area contributed by atoms with Crippen LogP contribution in [0.1, 0.15) is 18.9 Å². The van der Waals surface area contributed by atoms with Crippen LogP contribution in [0.25, 0.3) is 0 Å². The van der Waals surface area contributed by atoms with Crippen LogP contribution < -0.4 is 5.32 Å². The van der Waals surface area contributed by atoms with Crippen molar-refractivity contribution in [3.63, 3.8) is 0 Å². The second-order valence-electron chi connectivity index (χ2n) is 4.51. The zero-order valence-corrected chi connectivity index (χ0v) is 12.2. The number of carbonyl (C=O) groups excluding carboxylic acids is 2. The lowest BCUT2D eigenvalue weighted by Crippen LogP contribution is -2.14. The van der Waals surface area contributed by atoms with Gasteiger partial charge in [-0.2, -0.15) is 0 Å². The average molecular weight is 303 g/mol. The van der Waals surface area contributed by atoms with E-state index in [9.17, 15) is 9.59 Å². The molecule has 0 aliphatic rings. The summed E-state index contributed by atoms with van der Waals surface area (Å²) in [6, 6.07) is 3.73. The maximum atomic E-state index is 11.8. The van der Waals surface area contributed by atoms with Crippen LogP contribution in [-0.2, 0) is 27.3 Å². The largest absolute Gasteiger partial charge is 0.465 e. The summed E-state index contributed by atoms with van der Waals surface area (Å²) in [5.41, 5.74) is 1.04. The Morgan fingerprint density at radius 2 is 2.09 bits per heavy atom. The Morgan fingerprint density at radius 3 is 2.82 bits per heavy atom. The van der Waals surface area contributed by atoms with E-state index in [0.29, 0.717) is 25.3 Å². The number of nitrogens with one attached hydrogen (secondary N) is 1. The van der Waals surface area contributed by atoms with Crippen LogP contribution >= 0.6 is 0 Å². The molecule has 2 heterocycles. The third-order valence-corrected chi connectivity index (χ3v) is 2.79. The predicted octanol–water partition coefficient (Wildman–Crippen LogP) is 0.807. The number of anilines is 1. The summed E-state index contributed by atoms with van der Waals surface area (Å²) in [5, 5.41) is 10.2. The molecule has 0 spiro atoms. The van der Waals surface area contributed by atoms with Gasteiger partial charge in [-0.1, -0.05) is 5.21 Å². The zero-order chi connectivity index (χ0) is 15.8. The standard InChI is InChI=1S/C14H17N5O3/c1-2-22-14(21)10-19-9-12(17-18-19)16-13(20)4-3-11-5-7-15-8-6-11/h5-9H,2-4,10H2,1H3,(H,16,20). The molecule has 0 radical (unpaired) electrons. The Bertz CT molecular complexity index is 626. The summed E-state index contributed by atoms with van der Waals surface area (Å²) < 4.78 is 6.12. The van der Waals surface area contributed by atoms with Gasteiger partial charge in [-0.3, -0.25) is 14.6 Å². The number of aromatic nitrogens is 4. The quantitative estimate of drug-likeness (QED) is 0.760. The van der Waals surface area contributed by atoms with Gasteiger partial charge < -0.3 is 10.1 Å². The summed E-state index contributed by atoms with van der Waals surface area (Å²) >= 11 is 0. The molecular weight excluding hydrogens is 286 g/mol. The van der Waals surface area contributed by atoms with Crippen molar-refractivity contribution in [2.24, 2.45) is 0 Å². The molecule has 0 bridgehead atoms. The normalized spacial score (nSPS) is 10.2. The zero-order valence-electron chi connectivity index (χ0n) is 12.2. The van der Waals surface area contributed by atoms with Crippen LogP contribution in [0.2, 0.25) is 0 Å². The number of carbonyl (C=O) groups is 2. The number of pyridine rings is 1. The van der Waals surface area contributed by atoms with Gasteiger partial charge in [0.05, 0.1) is 12.8 Å². The topological polar surface area (TPSA) is 99.0 Å². The molecule has 0 saturated heterocycles. The van der Waals surface area contributed by atoms with E-state index in [0.717, 1.165) is 5.56 Å². The molecule has 2 aromatic rings. The van der Waals surface area contributed by atoms with E-state index in [1.807, 2.05) is 12.1 Å². The van der Waals surface area contributed by atoms with Gasteiger partial charge in [0.25, 0.3) is 0 Å². The second kappa shape index (κ2) is 7.87. The molecular formula is C14H17N5O3. The number of aryl methyl sites for hydroxylation is 1. The van der Waals surface area contributed by atoms with Crippen LogP contribution in [0.5, 0.6) is 0 Å². The fourth-order valence-electron chi connectivity index (χ4n) is 1.78. The van der Waals surface area contributed by atoms with Crippen molar-refractivity contribution in [3.8, 4) is 0 Å². The van der Waals surface area contributed by atoms with Crippen molar-refractivity contribution in [3.05, 3.63) is 36.3 Å². The first-order valence-electron chi connectivity index (χ1n) is 6.92. The van der Waals surface area contributed by atoms with Crippen molar-refractivity contribution in [1.82, 2.24) is 20.0 Å². The minimum atomic E-state index is -0.400. The van der Waals surface area contributed by atoms with Gasteiger partial charge in [-0.25, -0.2) is 4.68 Å². The Balaban J connectivity index is 1.79. The fraction of sp³-hybridized carbons (Fsp3) is 0.357. The molecule has 0 unspecified atom stereocenters. The number of esters is 1. The van der Waals surface area contributed by atoms with Crippen LogP contribution in [0.4, 0.5) is 5.82 Å². The van der Waals surface area contributed by atoms with Crippen LogP contribution in [-0.4, -0.2) is 38.5 Å². The number of ether oxygens (including phenoxy) is 1. The molecule has 2 aromatic heterocycles. The molecule has 0 atom stereocenters. The summed E-state index contributed by atoms with van der Waals surface area (Å²) in [6.07, 6.45) is 5.81. The minimum Gasteiger partial charge on any atom is -0.465 e. The van der Waals surface area contributed by atoms with Crippen LogP contribution in [0.3, 0.4) is 0 Å². The molecule has 116 valence electrons. The molecule has 1 amide bonds. The Kier molecular flexibility index (Phi) is 5.58. The van der Waals surface area contributed by atoms with Crippen molar-refractivity contribution < 1.29 is 14.3 Å². The molecule has 0 saturated carbocycles. The molecule has 2 rings (SSSR count). The highest BCUT2D eigenvalue weighted by Gasteiger charge is 2.09. The third-order valence-electron chi connectivity index (χ3n) is 2.79. The molecule has 0 aromatic carbocycles. The van der Waals surface area contributed by atoms with Gasteiger partial charge >= 0.3 is 5.97 Å². The Morgan fingerprint density at radius 1 is 1.32 bits per heavy atom. The van der Waals surface area contributed by atoms with E-state index >= 15 is 0 Å². The van der Waals surface area contributed by atoms with Gasteiger partial charge in [0, 0.05) is 18.8 Å². The molecule has 0 fully saturated rings. The van der Waals surface area contributed by atoms with Gasteiger partial charge in [0.15, 0.2) is 5.82 Å². The lowest BCUT2D eigenvalue weighted by molar-refractivity contribution is -0.144. The van der Waals surface area contributed by atoms with Gasteiger partial charge in [0.1, 0.15) is 6.54 Å². The maximum absolute atomic E-state index is 11.8. The Hall–Kier alpha value is -2.77. The molecule has 22 heavy (non-hydrogen) atoms. The third kappa shape index (κ3) is 4.97. The first-order chi connectivity index (χ1) is 10.7. The highest BCUT2D eigenvalue weighted by atomic mass is 16.5. The Labute approximate surface area is 127 Å². The average Bonchev–Trinajstić information content (AvgIpc) is 2.93. The van der Waals surface area contributed by atoms with E-state index < -0.39 is 5.97 Å². The molecule has 8 heteroatoms. The van der Waals surface area contributed by atoms with Crippen molar-refractivity contribution in [1.29, 1.82) is 0 Å². The van der Waals surface area contributed by atoms with Gasteiger partial charge in [-0.05, 0) is 31.0 Å². The van der Waals surface area contributed by atoms with E-state index in [1.165, 1.54) is 10.9 Å². The maximum Gasteiger partial charge on any atom is 0.327 e. The van der Waals surface area contributed by atoms with E-state index in [1.54, 1.807) is 19.3 Å². The summed E-state index contributed by atoms with van der Waals surface area (Å²) in [6.45, 7) is 2.01. The summed E-state index contributed by atoms with van der Waals surface area (Å²) in [4.78, 5) is 27.0. The first kappa shape index (κ1) is 15.6. The monoisotopic (exact) mass is 303 g/mol. The van der Waals surface area contributed by atoms with Crippen LogP contribution in [0.15, 0.2) is 30.7 Å². The van der Waals surface area contributed by atoms with Gasteiger partial charge in [0.2, 0.25) is 5.91 Å². The SMILES string of the molecule is CCOC(=O)Cn1cc(NC(=O)CCc2ccncc2)nn1. The van der Waals surface area contributed by atoms with E-state index in [2.05, 4.69) is 20.6 Å². The number of hydrogen-bond donors (Lipinski definition) is 1. The highest BCUT2D eigenvalue weighted by Crippen LogP contribution is 2.05. The van der Waals surface area contributed by atoms with Gasteiger partial charge in [-0.15, -0.1) is 5.10 Å². The number of hydrogen-bond acceptors (Lipinski definition) is 6. The first-order valence-corrected chi connectivity index (χ1v) is 6.92. The van der Waals surface area contributed by atoms with Crippen molar-refractivity contribution >= 4 is 17.7 Å². The van der Waals surface area contributed by atoms with Crippen LogP contribution in [0, 0.1) is 0 Å². The van der Waals surface area contributed by atoms with Crippen molar-refractivity contribution in [2.45, 2.75) is 26.3 Å². The predicted molar refractivity (Wildman–Crippen MR) is 77.8 cm³/mol. The fourth-order valence-corrected chi connectivity index (χ4v) is 1.78.